The minimum absolute atomic E-state index is 0.144. The van der Waals surface area contributed by atoms with E-state index in [1.165, 1.54) is 0 Å². The van der Waals surface area contributed by atoms with Crippen LogP contribution in [0.4, 0.5) is 0 Å². The van der Waals surface area contributed by atoms with Crippen molar-refractivity contribution in [2.24, 2.45) is 11.8 Å². The number of carboxylic acid groups (broad SMARTS) is 1. The maximum Gasteiger partial charge on any atom is 0.290 e. The molecular weight excluding hydrogens is 434 g/mol. The number of phenols is 1. The van der Waals surface area contributed by atoms with E-state index in [0.717, 1.165) is 47.8 Å². The molecule has 1 saturated heterocycles. The molecule has 1 aliphatic heterocycles. The van der Waals surface area contributed by atoms with E-state index < -0.39 is 6.10 Å². The van der Waals surface area contributed by atoms with Crippen LogP contribution in [0.1, 0.15) is 12.8 Å². The lowest BCUT2D eigenvalue weighted by Crippen LogP contribution is -2.35. The first-order chi connectivity index (χ1) is 16.5. The van der Waals surface area contributed by atoms with Gasteiger partial charge in [-0.05, 0) is 59.2 Å². The summed E-state index contributed by atoms with van der Waals surface area (Å²) in [5, 5.41) is 39.5. The minimum Gasteiger partial charge on any atom is -0.508 e. The van der Waals surface area contributed by atoms with Crippen LogP contribution >= 0.6 is 0 Å². The quantitative estimate of drug-likeness (QED) is 0.413. The zero-order valence-electron chi connectivity index (χ0n) is 19.0. The molecule has 34 heavy (non-hydrogen) atoms. The van der Waals surface area contributed by atoms with Crippen LogP contribution < -0.4 is 4.74 Å². The SMILES string of the molecule is O=CO.Oc1cccc(-c2c(OCC(O)CN3C[C@H]4CC(O)C[C@H]4C3)ccc3ccccc23)c1. The molecule has 0 bridgehead atoms. The van der Waals surface area contributed by atoms with Crippen molar-refractivity contribution >= 4 is 17.2 Å². The Morgan fingerprint density at radius 2 is 1.74 bits per heavy atom. The molecule has 0 spiro atoms. The number of hydrogen-bond acceptors (Lipinski definition) is 6. The van der Waals surface area contributed by atoms with E-state index in [4.69, 9.17) is 14.6 Å². The highest BCUT2D eigenvalue weighted by molar-refractivity contribution is 5.99. The molecule has 1 aliphatic carbocycles. The van der Waals surface area contributed by atoms with E-state index >= 15 is 0 Å². The number of aliphatic hydroxyl groups is 2. The Kier molecular flexibility index (Phi) is 7.67. The van der Waals surface area contributed by atoms with Gasteiger partial charge in [-0.3, -0.25) is 4.79 Å². The predicted molar refractivity (Wildman–Crippen MR) is 130 cm³/mol. The Morgan fingerprint density at radius 1 is 1.03 bits per heavy atom. The lowest BCUT2D eigenvalue weighted by Gasteiger charge is -2.22. The fraction of sp³-hybridized carbons (Fsp3) is 0.370. The van der Waals surface area contributed by atoms with Gasteiger partial charge in [0.1, 0.15) is 24.2 Å². The van der Waals surface area contributed by atoms with Crippen molar-refractivity contribution in [3.63, 3.8) is 0 Å². The van der Waals surface area contributed by atoms with Crippen molar-refractivity contribution in [2.75, 3.05) is 26.2 Å². The van der Waals surface area contributed by atoms with E-state index in [1.807, 2.05) is 36.4 Å². The topological polar surface area (TPSA) is 110 Å². The predicted octanol–water partition coefficient (Wildman–Crippen LogP) is 3.36. The Hall–Kier alpha value is -3.13. The summed E-state index contributed by atoms with van der Waals surface area (Å²) in [6, 6.07) is 19.3. The maximum atomic E-state index is 10.6. The Labute approximate surface area is 198 Å². The van der Waals surface area contributed by atoms with Crippen LogP contribution in [0.15, 0.2) is 60.7 Å². The molecule has 2 aliphatic rings. The van der Waals surface area contributed by atoms with Crippen LogP contribution in [-0.4, -0.2) is 70.2 Å². The highest BCUT2D eigenvalue weighted by Crippen LogP contribution is 2.39. The van der Waals surface area contributed by atoms with Gasteiger partial charge in [0.05, 0.1) is 6.10 Å². The van der Waals surface area contributed by atoms with Gasteiger partial charge in [0.2, 0.25) is 0 Å². The zero-order valence-corrected chi connectivity index (χ0v) is 19.0. The molecule has 2 fully saturated rings. The molecule has 0 radical (unpaired) electrons. The second-order valence-electron chi connectivity index (χ2n) is 9.14. The number of phenolic OH excluding ortho intramolecular Hbond substituents is 1. The maximum absolute atomic E-state index is 10.6. The summed E-state index contributed by atoms with van der Waals surface area (Å²) in [4.78, 5) is 10.7. The average Bonchev–Trinajstić information content (AvgIpc) is 3.34. The lowest BCUT2D eigenvalue weighted by atomic mass is 9.97. The standard InChI is InChI=1S/C26H29NO4.CH2O2/c28-21-6-3-5-18(10-21)26-24-7-2-1-4-17(24)8-9-25(26)31-16-23(30)15-27-13-19-11-22(29)12-20(19)14-27;2-1-3/h1-10,19-20,22-23,28-30H,11-16H2;1H,(H,2,3)/t19-,20+,22?,23?;. The summed E-state index contributed by atoms with van der Waals surface area (Å²) < 4.78 is 6.12. The molecule has 3 aromatic carbocycles. The smallest absolute Gasteiger partial charge is 0.290 e. The first kappa shape index (κ1) is 24.0. The summed E-state index contributed by atoms with van der Waals surface area (Å²) in [5.41, 5.74) is 1.80. The van der Waals surface area contributed by atoms with Gasteiger partial charge >= 0.3 is 0 Å². The van der Waals surface area contributed by atoms with E-state index in [0.29, 0.717) is 24.1 Å². The molecule has 0 aromatic heterocycles. The van der Waals surface area contributed by atoms with Crippen LogP contribution in [0.2, 0.25) is 0 Å². The number of aromatic hydroxyl groups is 1. The zero-order chi connectivity index (χ0) is 24.1. The van der Waals surface area contributed by atoms with Crippen LogP contribution in [0.3, 0.4) is 0 Å². The highest BCUT2D eigenvalue weighted by atomic mass is 16.5. The molecule has 1 heterocycles. The molecule has 4 atom stereocenters. The fourth-order valence-electron chi connectivity index (χ4n) is 5.38. The number of β-amino-alcohol motifs (C(OH)–C–C–N with tert-alkyl or cyclic N) is 1. The van der Waals surface area contributed by atoms with Gasteiger partial charge in [-0.2, -0.15) is 0 Å². The minimum atomic E-state index is -0.591. The average molecular weight is 466 g/mol. The van der Waals surface area contributed by atoms with Crippen LogP contribution in [0.5, 0.6) is 11.5 Å². The van der Waals surface area contributed by atoms with Crippen molar-refractivity contribution in [1.29, 1.82) is 0 Å². The van der Waals surface area contributed by atoms with E-state index in [9.17, 15) is 15.3 Å². The third-order valence-corrected chi connectivity index (χ3v) is 6.73. The Bertz CT molecular complexity index is 1110. The van der Waals surface area contributed by atoms with E-state index in [2.05, 4.69) is 17.0 Å². The van der Waals surface area contributed by atoms with E-state index in [1.54, 1.807) is 12.1 Å². The number of ether oxygens (including phenoxy) is 1. The van der Waals surface area contributed by atoms with Crippen LogP contribution in [-0.2, 0) is 4.79 Å². The van der Waals surface area contributed by atoms with Crippen molar-refractivity contribution < 1.29 is 30.0 Å². The van der Waals surface area contributed by atoms with Gasteiger partial charge in [-0.25, -0.2) is 0 Å². The number of fused-ring (bicyclic) bond motifs is 2. The second-order valence-corrected chi connectivity index (χ2v) is 9.14. The summed E-state index contributed by atoms with van der Waals surface area (Å²) in [6.45, 7) is 2.43. The molecule has 2 unspecified atom stereocenters. The Balaban J connectivity index is 0.000000868. The second kappa shape index (κ2) is 10.9. The number of hydrogen-bond donors (Lipinski definition) is 4. The van der Waals surface area contributed by atoms with Crippen molar-refractivity contribution in [2.45, 2.75) is 25.0 Å². The van der Waals surface area contributed by atoms with Gasteiger partial charge in [-0.15, -0.1) is 0 Å². The number of benzene rings is 3. The van der Waals surface area contributed by atoms with Gasteiger partial charge in [0, 0.05) is 25.2 Å². The normalized spacial score (nSPS) is 22.6. The number of rotatable bonds is 6. The molecular formula is C27H31NO6. The lowest BCUT2D eigenvalue weighted by molar-refractivity contribution is -0.122. The summed E-state index contributed by atoms with van der Waals surface area (Å²) in [5.74, 6) is 2.02. The number of likely N-dealkylation sites (tertiary alicyclic amines) is 1. The van der Waals surface area contributed by atoms with Crippen molar-refractivity contribution in [3.8, 4) is 22.6 Å². The third-order valence-electron chi connectivity index (χ3n) is 6.73. The molecule has 3 aromatic rings. The third kappa shape index (κ3) is 5.50. The monoisotopic (exact) mass is 465 g/mol. The number of carbonyl (C=O) groups is 1. The number of aliphatic hydroxyl groups excluding tert-OH is 2. The Morgan fingerprint density at radius 3 is 2.44 bits per heavy atom. The van der Waals surface area contributed by atoms with Gasteiger partial charge in [0.15, 0.2) is 0 Å². The summed E-state index contributed by atoms with van der Waals surface area (Å²) in [7, 11) is 0. The van der Waals surface area contributed by atoms with Crippen molar-refractivity contribution in [1.82, 2.24) is 4.90 Å². The molecule has 1 saturated carbocycles. The molecule has 5 rings (SSSR count). The van der Waals surface area contributed by atoms with Crippen molar-refractivity contribution in [3.05, 3.63) is 60.7 Å². The van der Waals surface area contributed by atoms with Gasteiger partial charge < -0.3 is 30.1 Å². The highest BCUT2D eigenvalue weighted by Gasteiger charge is 2.40. The first-order valence-electron chi connectivity index (χ1n) is 11.6. The molecule has 4 N–H and O–H groups in total. The fourth-order valence-corrected chi connectivity index (χ4v) is 5.38. The first-order valence-corrected chi connectivity index (χ1v) is 11.6. The molecule has 7 heteroatoms. The number of nitrogens with zero attached hydrogens (tertiary/aromatic N) is 1. The van der Waals surface area contributed by atoms with Crippen LogP contribution in [0.25, 0.3) is 21.9 Å². The van der Waals surface area contributed by atoms with Gasteiger partial charge in [-0.1, -0.05) is 42.5 Å². The molecule has 7 nitrogen and oxygen atoms in total. The van der Waals surface area contributed by atoms with Gasteiger partial charge in [0.25, 0.3) is 6.47 Å². The molecule has 0 amide bonds. The van der Waals surface area contributed by atoms with E-state index in [-0.39, 0.29) is 24.9 Å². The van der Waals surface area contributed by atoms with Crippen LogP contribution in [0, 0.1) is 11.8 Å². The molecule has 180 valence electrons. The largest absolute Gasteiger partial charge is 0.508 e. The summed E-state index contributed by atoms with van der Waals surface area (Å²) in [6.07, 6.45) is 1.04. The summed E-state index contributed by atoms with van der Waals surface area (Å²) >= 11 is 0.